The highest BCUT2D eigenvalue weighted by Gasteiger charge is 2.44. The molecule has 1 N–H and O–H groups in total. The first kappa shape index (κ1) is 15.3. The van der Waals surface area contributed by atoms with Crippen LogP contribution >= 0.6 is 0 Å². The summed E-state index contributed by atoms with van der Waals surface area (Å²) in [5.74, 6) is 1.70. The zero-order valence-electron chi connectivity index (χ0n) is 13.2. The molecular weight excluding hydrogens is 234 g/mol. The van der Waals surface area contributed by atoms with Crippen LogP contribution in [0.3, 0.4) is 0 Å². The Morgan fingerprint density at radius 1 is 1.21 bits per heavy atom. The Labute approximate surface area is 119 Å². The fourth-order valence-electron chi connectivity index (χ4n) is 4.39. The average Bonchev–Trinajstić information content (AvgIpc) is 2.39. The summed E-state index contributed by atoms with van der Waals surface area (Å²) in [4.78, 5) is 0. The highest BCUT2D eigenvalue weighted by molar-refractivity contribution is 4.97. The molecule has 2 fully saturated rings. The van der Waals surface area contributed by atoms with Crippen LogP contribution < -0.4 is 5.32 Å². The topological polar surface area (TPSA) is 21.3 Å². The van der Waals surface area contributed by atoms with Gasteiger partial charge in [-0.1, -0.05) is 26.7 Å². The predicted octanol–water partition coefficient (Wildman–Crippen LogP) is 4.14. The van der Waals surface area contributed by atoms with Gasteiger partial charge < -0.3 is 10.1 Å². The van der Waals surface area contributed by atoms with E-state index in [1.807, 2.05) is 0 Å². The van der Waals surface area contributed by atoms with Gasteiger partial charge in [0.15, 0.2) is 0 Å². The van der Waals surface area contributed by atoms with Crippen LogP contribution in [0, 0.1) is 11.8 Å². The second kappa shape index (κ2) is 7.08. The van der Waals surface area contributed by atoms with Crippen molar-refractivity contribution in [2.45, 2.75) is 83.3 Å². The van der Waals surface area contributed by atoms with E-state index in [0.29, 0.717) is 11.6 Å². The highest BCUT2D eigenvalue weighted by Crippen LogP contribution is 2.46. The largest absolute Gasteiger partial charge is 0.375 e. The van der Waals surface area contributed by atoms with Crippen molar-refractivity contribution in [3.8, 4) is 0 Å². The first-order valence-corrected chi connectivity index (χ1v) is 8.56. The van der Waals surface area contributed by atoms with Gasteiger partial charge in [0.05, 0.1) is 5.60 Å². The van der Waals surface area contributed by atoms with Crippen LogP contribution in [-0.2, 0) is 4.74 Å². The summed E-state index contributed by atoms with van der Waals surface area (Å²) in [5.41, 5.74) is 0.293. The molecule has 2 rings (SSSR count). The molecule has 0 aromatic heterocycles. The van der Waals surface area contributed by atoms with Crippen molar-refractivity contribution in [3.63, 3.8) is 0 Å². The van der Waals surface area contributed by atoms with E-state index in [2.05, 4.69) is 26.2 Å². The molecule has 1 aliphatic carbocycles. The lowest BCUT2D eigenvalue weighted by Crippen LogP contribution is -2.51. The maximum Gasteiger partial charge on any atom is 0.0685 e. The van der Waals surface area contributed by atoms with Crippen LogP contribution in [0.2, 0.25) is 0 Å². The van der Waals surface area contributed by atoms with Gasteiger partial charge in [-0.15, -0.1) is 0 Å². The normalized spacial score (nSPS) is 27.5. The number of hydrogen-bond acceptors (Lipinski definition) is 2. The molecule has 1 saturated heterocycles. The molecule has 2 heteroatoms. The molecule has 1 heterocycles. The Morgan fingerprint density at radius 2 is 1.89 bits per heavy atom. The van der Waals surface area contributed by atoms with E-state index in [9.17, 15) is 0 Å². The second-order valence-electron chi connectivity index (χ2n) is 6.79. The van der Waals surface area contributed by atoms with Gasteiger partial charge in [0.25, 0.3) is 0 Å². The minimum Gasteiger partial charge on any atom is -0.375 e. The van der Waals surface area contributed by atoms with Gasteiger partial charge in [0.2, 0.25) is 0 Å². The van der Waals surface area contributed by atoms with Crippen LogP contribution in [-0.4, -0.2) is 25.3 Å². The van der Waals surface area contributed by atoms with E-state index in [1.54, 1.807) is 0 Å². The Morgan fingerprint density at radius 3 is 2.37 bits per heavy atom. The van der Waals surface area contributed by atoms with Gasteiger partial charge in [-0.2, -0.15) is 0 Å². The average molecular weight is 267 g/mol. The molecule has 0 radical (unpaired) electrons. The fraction of sp³-hybridized carbons (Fsp3) is 1.00. The Kier molecular flexibility index (Phi) is 5.70. The zero-order chi connectivity index (χ0) is 13.7. The molecule has 2 nitrogen and oxygen atoms in total. The molecule has 2 atom stereocenters. The maximum atomic E-state index is 6.10. The van der Waals surface area contributed by atoms with Crippen molar-refractivity contribution in [1.82, 2.24) is 5.32 Å². The van der Waals surface area contributed by atoms with E-state index in [1.165, 1.54) is 57.8 Å². The summed E-state index contributed by atoms with van der Waals surface area (Å²) in [6.07, 6.45) is 12.0. The van der Waals surface area contributed by atoms with Crippen LogP contribution in [0.4, 0.5) is 0 Å². The third kappa shape index (κ3) is 3.52. The molecule has 0 aromatic rings. The van der Waals surface area contributed by atoms with E-state index in [4.69, 9.17) is 4.74 Å². The summed E-state index contributed by atoms with van der Waals surface area (Å²) in [6.45, 7) is 5.65. The first-order chi connectivity index (χ1) is 9.24. The SMILES string of the molecule is CCCC(CCC)C(NC)C1CCOC2(CCC2)C1. The number of rotatable bonds is 7. The zero-order valence-corrected chi connectivity index (χ0v) is 13.2. The van der Waals surface area contributed by atoms with Crippen LogP contribution in [0.15, 0.2) is 0 Å². The summed E-state index contributed by atoms with van der Waals surface area (Å²) in [6, 6.07) is 0.710. The summed E-state index contributed by atoms with van der Waals surface area (Å²) in [7, 11) is 2.17. The molecule has 2 unspecified atom stereocenters. The Hall–Kier alpha value is -0.0800. The molecule has 1 saturated carbocycles. The molecule has 0 aromatic carbocycles. The third-order valence-electron chi connectivity index (χ3n) is 5.46. The minimum absolute atomic E-state index is 0.293. The molecule has 0 bridgehead atoms. The third-order valence-corrected chi connectivity index (χ3v) is 5.46. The van der Waals surface area contributed by atoms with Gasteiger partial charge in [-0.05, 0) is 63.8 Å². The smallest absolute Gasteiger partial charge is 0.0685 e. The summed E-state index contributed by atoms with van der Waals surface area (Å²) >= 11 is 0. The number of nitrogens with one attached hydrogen (secondary N) is 1. The quantitative estimate of drug-likeness (QED) is 0.748. The predicted molar refractivity (Wildman–Crippen MR) is 81.4 cm³/mol. The van der Waals surface area contributed by atoms with Crippen LogP contribution in [0.5, 0.6) is 0 Å². The molecular formula is C17H33NO. The fourth-order valence-corrected chi connectivity index (χ4v) is 4.39. The highest BCUT2D eigenvalue weighted by atomic mass is 16.5. The summed E-state index contributed by atoms with van der Waals surface area (Å²) < 4.78 is 6.10. The first-order valence-electron chi connectivity index (χ1n) is 8.56. The number of ether oxygens (including phenoxy) is 1. The van der Waals surface area contributed by atoms with Crippen LogP contribution in [0.1, 0.15) is 71.6 Å². The summed E-state index contributed by atoms with van der Waals surface area (Å²) in [5, 5.41) is 3.67. The van der Waals surface area contributed by atoms with Crippen molar-refractivity contribution in [1.29, 1.82) is 0 Å². The minimum atomic E-state index is 0.293. The lowest BCUT2D eigenvalue weighted by Gasteiger charge is -2.49. The van der Waals surface area contributed by atoms with Gasteiger partial charge >= 0.3 is 0 Å². The maximum absolute atomic E-state index is 6.10. The van der Waals surface area contributed by atoms with E-state index >= 15 is 0 Å². The molecule has 1 spiro atoms. The Balaban J connectivity index is 1.98. The van der Waals surface area contributed by atoms with Gasteiger partial charge in [-0.25, -0.2) is 0 Å². The molecule has 112 valence electrons. The van der Waals surface area contributed by atoms with E-state index in [-0.39, 0.29) is 0 Å². The van der Waals surface area contributed by atoms with E-state index in [0.717, 1.165) is 18.4 Å². The number of hydrogen-bond donors (Lipinski definition) is 1. The van der Waals surface area contributed by atoms with Crippen molar-refractivity contribution >= 4 is 0 Å². The Bertz CT molecular complexity index is 256. The van der Waals surface area contributed by atoms with Crippen molar-refractivity contribution in [2.24, 2.45) is 11.8 Å². The van der Waals surface area contributed by atoms with Crippen molar-refractivity contribution in [3.05, 3.63) is 0 Å². The molecule has 0 amide bonds. The van der Waals surface area contributed by atoms with Crippen LogP contribution in [0.25, 0.3) is 0 Å². The molecule has 1 aliphatic heterocycles. The molecule has 2 aliphatic rings. The van der Waals surface area contributed by atoms with E-state index < -0.39 is 0 Å². The van der Waals surface area contributed by atoms with Gasteiger partial charge in [-0.3, -0.25) is 0 Å². The molecule has 19 heavy (non-hydrogen) atoms. The lowest BCUT2D eigenvalue weighted by atomic mass is 9.68. The van der Waals surface area contributed by atoms with Gasteiger partial charge in [0, 0.05) is 12.6 Å². The lowest BCUT2D eigenvalue weighted by molar-refractivity contribution is -0.149. The van der Waals surface area contributed by atoms with Gasteiger partial charge in [0.1, 0.15) is 0 Å². The second-order valence-corrected chi connectivity index (χ2v) is 6.79. The standard InChI is InChI=1S/C17H33NO/c1-4-7-14(8-5-2)16(18-3)15-9-12-19-17(13-15)10-6-11-17/h14-16,18H,4-13H2,1-3H3. The van der Waals surface area contributed by atoms with Crippen molar-refractivity contribution < 1.29 is 4.74 Å². The monoisotopic (exact) mass is 267 g/mol. The van der Waals surface area contributed by atoms with Crippen molar-refractivity contribution in [2.75, 3.05) is 13.7 Å².